The first-order valence-corrected chi connectivity index (χ1v) is 10.0. The molecule has 3 rings (SSSR count). The van der Waals surface area contributed by atoms with Gasteiger partial charge in [0.05, 0.1) is 29.1 Å². The lowest BCUT2D eigenvalue weighted by Crippen LogP contribution is -2.41. The van der Waals surface area contributed by atoms with Gasteiger partial charge < -0.3 is 5.32 Å². The third-order valence-corrected chi connectivity index (χ3v) is 5.01. The summed E-state index contributed by atoms with van der Waals surface area (Å²) in [6.07, 6.45) is 1.90. The second-order valence-electron chi connectivity index (χ2n) is 7.07. The summed E-state index contributed by atoms with van der Waals surface area (Å²) >= 11 is 0. The monoisotopic (exact) mass is 404 g/mol. The Bertz CT molecular complexity index is 1220. The maximum absolute atomic E-state index is 13.2. The molecule has 0 atom stereocenters. The van der Waals surface area contributed by atoms with Crippen LogP contribution in [0.15, 0.2) is 58.1 Å². The molecule has 1 N–H and O–H groups in total. The van der Waals surface area contributed by atoms with Crippen molar-refractivity contribution in [3.8, 4) is 6.07 Å². The van der Waals surface area contributed by atoms with E-state index in [1.54, 1.807) is 48.5 Å². The summed E-state index contributed by atoms with van der Waals surface area (Å²) in [5.41, 5.74) is 0.759. The zero-order valence-electron chi connectivity index (χ0n) is 16.9. The van der Waals surface area contributed by atoms with Crippen LogP contribution in [0.4, 0.5) is 0 Å². The Balaban J connectivity index is 2.01. The number of carbonyl (C=O) groups excluding carboxylic acids is 1. The van der Waals surface area contributed by atoms with Gasteiger partial charge in [-0.3, -0.25) is 18.7 Å². The number of nitrogens with zero attached hydrogens (tertiary/aromatic N) is 3. The van der Waals surface area contributed by atoms with Gasteiger partial charge in [-0.15, -0.1) is 0 Å². The number of fused-ring (bicyclic) bond motifs is 1. The third kappa shape index (κ3) is 4.49. The summed E-state index contributed by atoms with van der Waals surface area (Å²) in [4.78, 5) is 38.2. The summed E-state index contributed by atoms with van der Waals surface area (Å²) in [5.74, 6) is -0.190. The molecule has 0 aliphatic carbocycles. The molecule has 1 heterocycles. The van der Waals surface area contributed by atoms with E-state index in [-0.39, 0.29) is 25.4 Å². The zero-order chi connectivity index (χ0) is 21.5. The molecule has 1 aromatic heterocycles. The van der Waals surface area contributed by atoms with E-state index < -0.39 is 11.2 Å². The van der Waals surface area contributed by atoms with Crippen LogP contribution in [0.25, 0.3) is 10.9 Å². The molecule has 1 amide bonds. The van der Waals surface area contributed by atoms with Gasteiger partial charge in [0, 0.05) is 19.5 Å². The minimum absolute atomic E-state index is 0.000353. The van der Waals surface area contributed by atoms with Gasteiger partial charge in [0.15, 0.2) is 0 Å². The highest BCUT2D eigenvalue weighted by molar-refractivity contribution is 5.78. The highest BCUT2D eigenvalue weighted by Crippen LogP contribution is 2.13. The minimum Gasteiger partial charge on any atom is -0.356 e. The number of unbranched alkanes of at least 4 members (excludes halogenated alkanes) is 1. The van der Waals surface area contributed by atoms with E-state index in [1.165, 1.54) is 4.57 Å². The van der Waals surface area contributed by atoms with Crippen molar-refractivity contribution in [2.75, 3.05) is 6.54 Å². The smallest absolute Gasteiger partial charge is 0.331 e. The van der Waals surface area contributed by atoms with E-state index in [9.17, 15) is 19.6 Å². The van der Waals surface area contributed by atoms with E-state index >= 15 is 0 Å². The molecule has 0 spiro atoms. The normalized spacial score (nSPS) is 10.7. The van der Waals surface area contributed by atoms with Crippen LogP contribution in [0.3, 0.4) is 0 Å². The minimum atomic E-state index is -0.493. The summed E-state index contributed by atoms with van der Waals surface area (Å²) in [5, 5.41) is 12.6. The number of nitrogens with one attached hydrogen (secondary N) is 1. The second-order valence-corrected chi connectivity index (χ2v) is 7.07. The topological polar surface area (TPSA) is 96.9 Å². The molecule has 0 aliphatic heterocycles. The summed E-state index contributed by atoms with van der Waals surface area (Å²) in [6.45, 7) is 2.78. The molecule has 0 saturated carbocycles. The van der Waals surface area contributed by atoms with E-state index in [4.69, 9.17) is 0 Å². The van der Waals surface area contributed by atoms with Gasteiger partial charge >= 0.3 is 5.69 Å². The summed E-state index contributed by atoms with van der Waals surface area (Å²) in [6, 6.07) is 16.1. The maximum atomic E-state index is 13.2. The van der Waals surface area contributed by atoms with Crippen molar-refractivity contribution in [2.45, 2.75) is 39.3 Å². The first-order valence-electron chi connectivity index (χ1n) is 10.0. The SMILES string of the molecule is CCCCNC(=O)CCn1c(=O)c2ccccc2n(Cc2ccccc2C#N)c1=O. The highest BCUT2D eigenvalue weighted by atomic mass is 16.2. The lowest BCUT2D eigenvalue weighted by Gasteiger charge is -2.15. The Kier molecular flexibility index (Phi) is 6.81. The highest BCUT2D eigenvalue weighted by Gasteiger charge is 2.15. The lowest BCUT2D eigenvalue weighted by molar-refractivity contribution is -0.121. The number of hydrogen-bond donors (Lipinski definition) is 1. The Hall–Kier alpha value is -3.66. The van der Waals surface area contributed by atoms with Crippen molar-refractivity contribution in [2.24, 2.45) is 0 Å². The average molecular weight is 404 g/mol. The first kappa shape index (κ1) is 21.1. The molecular weight excluding hydrogens is 380 g/mol. The molecule has 30 heavy (non-hydrogen) atoms. The largest absolute Gasteiger partial charge is 0.356 e. The third-order valence-electron chi connectivity index (χ3n) is 5.01. The molecule has 0 fully saturated rings. The van der Waals surface area contributed by atoms with Crippen LogP contribution < -0.4 is 16.6 Å². The Morgan fingerprint density at radius 2 is 1.80 bits per heavy atom. The van der Waals surface area contributed by atoms with Gasteiger partial charge in [-0.25, -0.2) is 4.79 Å². The molecular formula is C23H24N4O3. The van der Waals surface area contributed by atoms with E-state index in [2.05, 4.69) is 11.4 Å². The van der Waals surface area contributed by atoms with E-state index in [0.29, 0.717) is 28.6 Å². The number of nitriles is 1. The van der Waals surface area contributed by atoms with E-state index in [0.717, 1.165) is 17.4 Å². The maximum Gasteiger partial charge on any atom is 0.331 e. The van der Waals surface area contributed by atoms with Crippen LogP contribution in [-0.2, 0) is 17.9 Å². The molecule has 0 unspecified atom stereocenters. The standard InChI is InChI=1S/C23H24N4O3/c1-2-3-13-25-21(28)12-14-26-22(29)19-10-6-7-11-20(19)27(23(26)30)16-18-9-5-4-8-17(18)15-24/h4-11H,2-3,12-14,16H2,1H3,(H,25,28). The predicted molar refractivity (Wildman–Crippen MR) is 115 cm³/mol. The number of carbonyl (C=O) groups is 1. The predicted octanol–water partition coefficient (Wildman–Crippen LogP) is 2.39. The number of amides is 1. The van der Waals surface area contributed by atoms with Crippen LogP contribution in [0, 0.1) is 11.3 Å². The number of benzene rings is 2. The van der Waals surface area contributed by atoms with Crippen molar-refractivity contribution >= 4 is 16.8 Å². The number of aromatic nitrogens is 2. The van der Waals surface area contributed by atoms with E-state index in [1.807, 2.05) is 6.92 Å². The fraction of sp³-hybridized carbons (Fsp3) is 0.304. The molecule has 0 bridgehead atoms. The molecule has 3 aromatic rings. The Morgan fingerprint density at radius 3 is 2.57 bits per heavy atom. The van der Waals surface area contributed by atoms with Crippen LogP contribution in [0.2, 0.25) is 0 Å². The van der Waals surface area contributed by atoms with Gasteiger partial charge in [0.1, 0.15) is 0 Å². The summed E-state index contributed by atoms with van der Waals surface area (Å²) in [7, 11) is 0. The van der Waals surface area contributed by atoms with Gasteiger partial charge in [0.25, 0.3) is 5.56 Å². The van der Waals surface area contributed by atoms with Crippen molar-refractivity contribution in [3.63, 3.8) is 0 Å². The fourth-order valence-corrected chi connectivity index (χ4v) is 3.36. The second kappa shape index (κ2) is 9.70. The number of rotatable bonds is 8. The van der Waals surface area contributed by atoms with Gasteiger partial charge in [-0.05, 0) is 30.2 Å². The van der Waals surface area contributed by atoms with Crippen LogP contribution >= 0.6 is 0 Å². The van der Waals surface area contributed by atoms with Crippen molar-refractivity contribution in [3.05, 3.63) is 80.5 Å². The number of hydrogen-bond acceptors (Lipinski definition) is 4. The quantitative estimate of drug-likeness (QED) is 0.583. The molecule has 0 aliphatic rings. The van der Waals surface area contributed by atoms with Crippen molar-refractivity contribution < 1.29 is 4.79 Å². The van der Waals surface area contributed by atoms with Crippen molar-refractivity contribution in [1.82, 2.24) is 14.5 Å². The molecule has 7 nitrogen and oxygen atoms in total. The van der Waals surface area contributed by atoms with Gasteiger partial charge in [0.2, 0.25) is 5.91 Å². The molecule has 7 heteroatoms. The first-order chi connectivity index (χ1) is 14.6. The Morgan fingerprint density at radius 1 is 1.07 bits per heavy atom. The Labute approximate surface area is 174 Å². The lowest BCUT2D eigenvalue weighted by atomic mass is 10.1. The van der Waals surface area contributed by atoms with Gasteiger partial charge in [-0.2, -0.15) is 5.26 Å². The number of para-hydroxylation sites is 1. The van der Waals surface area contributed by atoms with Crippen LogP contribution in [0.1, 0.15) is 37.3 Å². The average Bonchev–Trinajstić information content (AvgIpc) is 2.77. The molecule has 0 radical (unpaired) electrons. The van der Waals surface area contributed by atoms with Crippen LogP contribution in [0.5, 0.6) is 0 Å². The fourth-order valence-electron chi connectivity index (χ4n) is 3.36. The molecule has 0 saturated heterocycles. The van der Waals surface area contributed by atoms with Crippen molar-refractivity contribution in [1.29, 1.82) is 5.26 Å². The summed E-state index contributed by atoms with van der Waals surface area (Å²) < 4.78 is 2.60. The molecule has 154 valence electrons. The zero-order valence-corrected chi connectivity index (χ0v) is 16.9. The van der Waals surface area contributed by atoms with Crippen LogP contribution in [-0.4, -0.2) is 21.6 Å². The van der Waals surface area contributed by atoms with Gasteiger partial charge in [-0.1, -0.05) is 43.7 Å². The molecule has 2 aromatic carbocycles.